The third kappa shape index (κ3) is 10.3. The zero-order chi connectivity index (χ0) is 34.6. The molecule has 0 aromatic heterocycles. The van der Waals surface area contributed by atoms with Crippen LogP contribution in [-0.2, 0) is 38.2 Å². The Morgan fingerprint density at radius 1 is 0.630 bits per heavy atom. The van der Waals surface area contributed by atoms with Gasteiger partial charge in [0.25, 0.3) is 0 Å². The highest BCUT2D eigenvalue weighted by atomic mass is 32.2. The second kappa shape index (κ2) is 16.6. The first kappa shape index (κ1) is 38.2. The van der Waals surface area contributed by atoms with Crippen molar-refractivity contribution in [2.75, 3.05) is 33.4 Å². The van der Waals surface area contributed by atoms with Crippen LogP contribution in [-0.4, -0.2) is 84.1 Å². The van der Waals surface area contributed by atoms with Crippen molar-refractivity contribution in [3.8, 4) is 5.75 Å². The largest absolute Gasteiger partial charge is 0.497 e. The molecule has 19 heteroatoms. The number of halogens is 4. The van der Waals surface area contributed by atoms with E-state index in [2.05, 4.69) is 8.37 Å². The molecular formula is C27H30F4N2O11S2. The molecule has 0 atom stereocenters. The summed E-state index contributed by atoms with van der Waals surface area (Å²) in [5, 5.41) is -6.60. The lowest BCUT2D eigenvalue weighted by Crippen LogP contribution is -2.47. The van der Waals surface area contributed by atoms with Crippen LogP contribution >= 0.6 is 0 Å². The van der Waals surface area contributed by atoms with Crippen LogP contribution in [0, 0.1) is 0 Å². The molecule has 46 heavy (non-hydrogen) atoms. The predicted molar refractivity (Wildman–Crippen MR) is 152 cm³/mol. The number of ether oxygens (including phenoxy) is 1. The molecule has 0 radical (unpaired) electrons. The number of hydrogen-bond donors (Lipinski definition) is 2. The minimum atomic E-state index is -5.84. The van der Waals surface area contributed by atoms with E-state index in [0.717, 1.165) is 0 Å². The SMILES string of the molecule is COc1ccc(C(=O)COS(=O)(=O)C(F)(F)C(=O)NCCCCCCNC(=O)C(F)(F)S(=O)(=O)OCC(=O)c2ccccc2)cc1. The monoisotopic (exact) mass is 698 g/mol. The smallest absolute Gasteiger partial charge is 0.446 e. The first-order chi connectivity index (χ1) is 21.5. The average molecular weight is 699 g/mol. The normalized spacial score (nSPS) is 12.3. The molecule has 0 aliphatic heterocycles. The van der Waals surface area contributed by atoms with Gasteiger partial charge < -0.3 is 15.4 Å². The van der Waals surface area contributed by atoms with Gasteiger partial charge in [-0.05, 0) is 37.1 Å². The number of hydrogen-bond acceptors (Lipinski definition) is 11. The molecule has 0 saturated heterocycles. The van der Waals surface area contributed by atoms with Gasteiger partial charge in [-0.15, -0.1) is 0 Å². The van der Waals surface area contributed by atoms with E-state index in [4.69, 9.17) is 4.74 Å². The van der Waals surface area contributed by atoms with Crippen molar-refractivity contribution in [2.24, 2.45) is 0 Å². The molecular weight excluding hydrogens is 668 g/mol. The molecule has 2 rings (SSSR count). The van der Waals surface area contributed by atoms with Crippen molar-refractivity contribution in [3.63, 3.8) is 0 Å². The Morgan fingerprint density at radius 3 is 1.41 bits per heavy atom. The first-order valence-electron chi connectivity index (χ1n) is 13.3. The molecule has 2 aromatic rings. The van der Waals surface area contributed by atoms with Crippen molar-refractivity contribution in [2.45, 2.75) is 36.2 Å². The number of methoxy groups -OCH3 is 1. The Hall–Kier alpha value is -3.94. The van der Waals surface area contributed by atoms with Gasteiger partial charge in [-0.2, -0.15) is 34.4 Å². The zero-order valence-electron chi connectivity index (χ0n) is 24.2. The Labute approximate surface area is 261 Å². The molecule has 2 N–H and O–H groups in total. The highest BCUT2D eigenvalue weighted by molar-refractivity contribution is 7.88. The van der Waals surface area contributed by atoms with E-state index >= 15 is 0 Å². The van der Waals surface area contributed by atoms with E-state index in [-0.39, 0.29) is 36.8 Å². The van der Waals surface area contributed by atoms with Crippen molar-refractivity contribution in [1.82, 2.24) is 10.6 Å². The van der Waals surface area contributed by atoms with E-state index in [1.807, 2.05) is 0 Å². The number of carbonyl (C=O) groups is 4. The van der Waals surface area contributed by atoms with E-state index in [0.29, 0.717) is 5.75 Å². The van der Waals surface area contributed by atoms with E-state index in [1.54, 1.807) is 16.7 Å². The molecule has 0 fully saturated rings. The van der Waals surface area contributed by atoms with Gasteiger partial charge in [-0.25, -0.2) is 0 Å². The van der Waals surface area contributed by atoms with E-state index in [1.165, 1.54) is 55.6 Å². The highest BCUT2D eigenvalue weighted by Crippen LogP contribution is 2.25. The lowest BCUT2D eigenvalue weighted by Gasteiger charge is -2.16. The summed E-state index contributed by atoms with van der Waals surface area (Å²) < 4.78 is 117. The first-order valence-corrected chi connectivity index (χ1v) is 16.1. The molecule has 0 aliphatic rings. The summed E-state index contributed by atoms with van der Waals surface area (Å²) in [5.74, 6) is -5.87. The molecule has 0 bridgehead atoms. The summed E-state index contributed by atoms with van der Waals surface area (Å²) in [7, 11) is -10.3. The lowest BCUT2D eigenvalue weighted by molar-refractivity contribution is -0.136. The molecule has 0 heterocycles. The van der Waals surface area contributed by atoms with Crippen LogP contribution in [0.3, 0.4) is 0 Å². The number of unbranched alkanes of at least 4 members (excludes halogenated alkanes) is 3. The Balaban J connectivity index is 1.69. The second-order valence-electron chi connectivity index (χ2n) is 9.33. The summed E-state index contributed by atoms with van der Waals surface area (Å²) in [4.78, 5) is 47.6. The number of ketones is 2. The van der Waals surface area contributed by atoms with Crippen molar-refractivity contribution in [3.05, 3.63) is 65.7 Å². The maximum Gasteiger partial charge on any atom is 0.446 e. The lowest BCUT2D eigenvalue weighted by atomic mass is 10.1. The van der Waals surface area contributed by atoms with Gasteiger partial charge in [0, 0.05) is 24.2 Å². The van der Waals surface area contributed by atoms with Gasteiger partial charge in [0.2, 0.25) is 0 Å². The Kier molecular flexibility index (Phi) is 13.8. The van der Waals surface area contributed by atoms with Gasteiger partial charge in [-0.1, -0.05) is 43.2 Å². The van der Waals surface area contributed by atoms with Crippen molar-refractivity contribution >= 4 is 43.6 Å². The second-order valence-corrected chi connectivity index (χ2v) is 12.6. The van der Waals surface area contributed by atoms with E-state index < -0.39 is 80.4 Å². The number of alkyl halides is 4. The van der Waals surface area contributed by atoms with Gasteiger partial charge >= 0.3 is 42.6 Å². The third-order valence-corrected chi connectivity index (χ3v) is 8.51. The molecule has 2 aromatic carbocycles. The topological polar surface area (TPSA) is 188 Å². The number of rotatable bonds is 20. The summed E-state index contributed by atoms with van der Waals surface area (Å²) in [6.45, 7) is -3.37. The quantitative estimate of drug-likeness (QED) is 0.0895. The molecule has 13 nitrogen and oxygen atoms in total. The molecule has 254 valence electrons. The number of carbonyl (C=O) groups excluding carboxylic acids is 4. The number of benzene rings is 2. The fourth-order valence-corrected chi connectivity index (χ4v) is 4.84. The molecule has 0 aliphatic carbocycles. The zero-order valence-corrected chi connectivity index (χ0v) is 25.8. The van der Waals surface area contributed by atoms with Crippen molar-refractivity contribution < 1.29 is 66.7 Å². The van der Waals surface area contributed by atoms with Crippen LogP contribution in [0.1, 0.15) is 46.4 Å². The number of Topliss-reactive ketones (excluding diaryl/α,β-unsaturated/α-hetero) is 2. The van der Waals surface area contributed by atoms with Gasteiger partial charge in [0.05, 0.1) is 7.11 Å². The van der Waals surface area contributed by atoms with Crippen LogP contribution in [0.2, 0.25) is 0 Å². The van der Waals surface area contributed by atoms with Crippen LogP contribution in [0.4, 0.5) is 17.6 Å². The number of amides is 2. The molecule has 0 saturated carbocycles. The predicted octanol–water partition coefficient (Wildman–Crippen LogP) is 2.43. The van der Waals surface area contributed by atoms with Crippen LogP contribution in [0.25, 0.3) is 0 Å². The highest BCUT2D eigenvalue weighted by Gasteiger charge is 2.55. The molecule has 0 unspecified atom stereocenters. The van der Waals surface area contributed by atoms with Crippen LogP contribution in [0.15, 0.2) is 54.6 Å². The van der Waals surface area contributed by atoms with Gasteiger partial charge in [0.1, 0.15) is 19.0 Å². The molecule has 0 spiro atoms. The standard InChI is InChI=1S/C27H30F4N2O11S2/c1-42-21-13-11-20(12-14-21)23(35)18-44-46(40,41)27(30,31)25(37)33-16-8-3-2-7-15-32-24(36)26(28,29)45(38,39)43-17-22(34)19-9-5-4-6-10-19/h4-6,9-14H,2-3,7-8,15-18H2,1H3,(H,32,36)(H,33,37). The van der Waals surface area contributed by atoms with E-state index in [9.17, 15) is 53.6 Å². The maximum absolute atomic E-state index is 14.2. The third-order valence-electron chi connectivity index (χ3n) is 6.03. The number of nitrogens with one attached hydrogen (secondary N) is 2. The Morgan fingerprint density at radius 2 is 1.02 bits per heavy atom. The summed E-state index contributed by atoms with van der Waals surface area (Å²) in [5.41, 5.74) is -0.0458. The van der Waals surface area contributed by atoms with Gasteiger partial charge in [-0.3, -0.25) is 27.5 Å². The molecule has 2 amide bonds. The minimum Gasteiger partial charge on any atom is -0.497 e. The van der Waals surface area contributed by atoms with Crippen LogP contribution in [0.5, 0.6) is 5.75 Å². The average Bonchev–Trinajstić information content (AvgIpc) is 3.03. The summed E-state index contributed by atoms with van der Waals surface area (Å²) in [6.07, 6.45) is 0.451. The van der Waals surface area contributed by atoms with Gasteiger partial charge in [0.15, 0.2) is 11.6 Å². The Bertz CT molecular complexity index is 1590. The maximum atomic E-state index is 14.2. The summed E-state index contributed by atoms with van der Waals surface area (Å²) in [6, 6.07) is 12.4. The fourth-order valence-electron chi connectivity index (χ4n) is 3.42. The van der Waals surface area contributed by atoms with Crippen molar-refractivity contribution in [1.29, 1.82) is 0 Å². The minimum absolute atomic E-state index is 0.00664. The fraction of sp³-hybridized carbons (Fsp3) is 0.407. The summed E-state index contributed by atoms with van der Waals surface area (Å²) >= 11 is 0. The van der Waals surface area contributed by atoms with Crippen LogP contribution < -0.4 is 15.4 Å².